The molecule has 13 heavy (non-hydrogen) atoms. The maximum atomic E-state index is 11.3. The van der Waals surface area contributed by atoms with E-state index in [4.69, 9.17) is 0 Å². The SMILES string of the molecule is CNC(=O)CN1CCS(=O)C(C)C1. The third-order valence-corrected chi connectivity index (χ3v) is 3.85. The van der Waals surface area contributed by atoms with Crippen molar-refractivity contribution < 1.29 is 9.00 Å². The van der Waals surface area contributed by atoms with E-state index < -0.39 is 10.8 Å². The number of likely N-dealkylation sites (N-methyl/N-ethyl adjacent to an activating group) is 1. The molecule has 1 amide bonds. The van der Waals surface area contributed by atoms with Crippen molar-refractivity contribution >= 4 is 16.7 Å². The van der Waals surface area contributed by atoms with E-state index in [0.717, 1.165) is 13.1 Å². The summed E-state index contributed by atoms with van der Waals surface area (Å²) in [6.07, 6.45) is 0. The molecule has 0 aromatic rings. The molecule has 0 aliphatic carbocycles. The summed E-state index contributed by atoms with van der Waals surface area (Å²) in [6.45, 7) is 3.93. The molecule has 0 bridgehead atoms. The van der Waals surface area contributed by atoms with Gasteiger partial charge in [0.1, 0.15) is 0 Å². The van der Waals surface area contributed by atoms with Crippen LogP contribution < -0.4 is 5.32 Å². The Labute approximate surface area is 81.1 Å². The van der Waals surface area contributed by atoms with E-state index in [1.165, 1.54) is 0 Å². The fraction of sp³-hybridized carbons (Fsp3) is 0.875. The van der Waals surface area contributed by atoms with Crippen molar-refractivity contribution in [2.24, 2.45) is 0 Å². The Kier molecular flexibility index (Phi) is 3.87. The quantitative estimate of drug-likeness (QED) is 0.640. The lowest BCUT2D eigenvalue weighted by Gasteiger charge is -2.29. The normalized spacial score (nSPS) is 30.0. The van der Waals surface area contributed by atoms with Crippen molar-refractivity contribution in [3.8, 4) is 0 Å². The highest BCUT2D eigenvalue weighted by atomic mass is 32.2. The number of amides is 1. The molecule has 0 spiro atoms. The molecule has 5 heteroatoms. The number of hydrogen-bond donors (Lipinski definition) is 1. The molecule has 1 aliphatic heterocycles. The monoisotopic (exact) mass is 204 g/mol. The molecule has 1 saturated heterocycles. The first kappa shape index (κ1) is 10.7. The summed E-state index contributed by atoms with van der Waals surface area (Å²) in [5.41, 5.74) is 0. The summed E-state index contributed by atoms with van der Waals surface area (Å²) in [4.78, 5) is 13.1. The van der Waals surface area contributed by atoms with Crippen LogP contribution in [-0.2, 0) is 15.6 Å². The molecule has 1 fully saturated rings. The molecule has 2 atom stereocenters. The highest BCUT2D eigenvalue weighted by molar-refractivity contribution is 7.85. The van der Waals surface area contributed by atoms with E-state index in [2.05, 4.69) is 5.32 Å². The summed E-state index contributed by atoms with van der Waals surface area (Å²) in [5.74, 6) is 0.720. The molecule has 4 nitrogen and oxygen atoms in total. The fourth-order valence-electron chi connectivity index (χ4n) is 1.38. The minimum atomic E-state index is -0.696. The van der Waals surface area contributed by atoms with Crippen LogP contribution in [-0.4, -0.2) is 52.7 Å². The molecule has 76 valence electrons. The zero-order valence-electron chi connectivity index (χ0n) is 8.08. The molecule has 1 N–H and O–H groups in total. The zero-order chi connectivity index (χ0) is 9.84. The van der Waals surface area contributed by atoms with Gasteiger partial charge in [-0.3, -0.25) is 13.9 Å². The van der Waals surface area contributed by atoms with Gasteiger partial charge in [-0.2, -0.15) is 0 Å². The van der Waals surface area contributed by atoms with Gasteiger partial charge in [-0.1, -0.05) is 0 Å². The van der Waals surface area contributed by atoms with Crippen LogP contribution in [0.25, 0.3) is 0 Å². The van der Waals surface area contributed by atoms with Crippen molar-refractivity contribution in [3.63, 3.8) is 0 Å². The van der Waals surface area contributed by atoms with E-state index in [-0.39, 0.29) is 11.2 Å². The van der Waals surface area contributed by atoms with Gasteiger partial charge in [0.15, 0.2) is 0 Å². The van der Waals surface area contributed by atoms with Crippen LogP contribution in [0.2, 0.25) is 0 Å². The van der Waals surface area contributed by atoms with Crippen LogP contribution in [0.4, 0.5) is 0 Å². The maximum absolute atomic E-state index is 11.3. The van der Waals surface area contributed by atoms with Gasteiger partial charge in [-0.15, -0.1) is 0 Å². The molecular formula is C8H16N2O2S. The van der Waals surface area contributed by atoms with Crippen molar-refractivity contribution in [1.82, 2.24) is 10.2 Å². The first-order chi connectivity index (χ1) is 6.13. The van der Waals surface area contributed by atoms with Crippen LogP contribution in [0.3, 0.4) is 0 Å². The average molecular weight is 204 g/mol. The molecule has 0 saturated carbocycles. The Bertz CT molecular complexity index is 220. The van der Waals surface area contributed by atoms with Gasteiger partial charge in [0.2, 0.25) is 5.91 Å². The lowest BCUT2D eigenvalue weighted by Crippen LogP contribution is -2.46. The van der Waals surface area contributed by atoms with E-state index in [1.807, 2.05) is 11.8 Å². The largest absolute Gasteiger partial charge is 0.358 e. The standard InChI is InChI=1S/C8H16N2O2S/c1-7-5-10(3-4-13(7)12)6-8(11)9-2/h7H,3-6H2,1-2H3,(H,9,11). The second-order valence-corrected chi connectivity index (χ2v) is 5.28. The lowest BCUT2D eigenvalue weighted by atomic mass is 10.3. The van der Waals surface area contributed by atoms with E-state index in [9.17, 15) is 9.00 Å². The van der Waals surface area contributed by atoms with Crippen molar-refractivity contribution in [2.75, 3.05) is 32.4 Å². The van der Waals surface area contributed by atoms with Crippen molar-refractivity contribution in [3.05, 3.63) is 0 Å². The van der Waals surface area contributed by atoms with Gasteiger partial charge in [0.25, 0.3) is 0 Å². The second-order valence-electron chi connectivity index (χ2n) is 3.30. The van der Waals surface area contributed by atoms with E-state index in [0.29, 0.717) is 12.3 Å². The van der Waals surface area contributed by atoms with Gasteiger partial charge >= 0.3 is 0 Å². The summed E-state index contributed by atoms with van der Waals surface area (Å²) >= 11 is 0. The number of carbonyl (C=O) groups excluding carboxylic acids is 1. The third-order valence-electron chi connectivity index (χ3n) is 2.22. The number of nitrogens with one attached hydrogen (secondary N) is 1. The zero-order valence-corrected chi connectivity index (χ0v) is 8.89. The minimum Gasteiger partial charge on any atom is -0.358 e. The highest BCUT2D eigenvalue weighted by Crippen LogP contribution is 2.07. The van der Waals surface area contributed by atoms with Crippen LogP contribution in [0, 0.1) is 0 Å². The van der Waals surface area contributed by atoms with E-state index in [1.54, 1.807) is 7.05 Å². The molecule has 1 heterocycles. The maximum Gasteiger partial charge on any atom is 0.233 e. The van der Waals surface area contributed by atoms with Crippen LogP contribution in [0.1, 0.15) is 6.92 Å². The van der Waals surface area contributed by atoms with Gasteiger partial charge in [0.05, 0.1) is 6.54 Å². The van der Waals surface area contributed by atoms with E-state index >= 15 is 0 Å². The fourth-order valence-corrected chi connectivity index (χ4v) is 2.60. The summed E-state index contributed by atoms with van der Waals surface area (Å²) in [6, 6.07) is 0. The molecule has 0 aromatic heterocycles. The van der Waals surface area contributed by atoms with Crippen LogP contribution in [0.15, 0.2) is 0 Å². The topological polar surface area (TPSA) is 49.4 Å². The van der Waals surface area contributed by atoms with Gasteiger partial charge in [0, 0.05) is 41.9 Å². The number of hydrogen-bond acceptors (Lipinski definition) is 3. The summed E-state index contributed by atoms with van der Waals surface area (Å²) < 4.78 is 11.3. The third kappa shape index (κ3) is 3.08. The Morgan fingerprint density at radius 2 is 2.38 bits per heavy atom. The smallest absolute Gasteiger partial charge is 0.233 e. The van der Waals surface area contributed by atoms with Crippen LogP contribution in [0.5, 0.6) is 0 Å². The van der Waals surface area contributed by atoms with Gasteiger partial charge in [-0.05, 0) is 6.92 Å². The van der Waals surface area contributed by atoms with Crippen LogP contribution >= 0.6 is 0 Å². The first-order valence-corrected chi connectivity index (χ1v) is 5.82. The number of rotatable bonds is 2. The molecular weight excluding hydrogens is 188 g/mol. The molecule has 1 aliphatic rings. The molecule has 2 unspecified atom stereocenters. The Hall–Kier alpha value is -0.420. The lowest BCUT2D eigenvalue weighted by molar-refractivity contribution is -0.121. The molecule has 0 radical (unpaired) electrons. The van der Waals surface area contributed by atoms with Crippen molar-refractivity contribution in [1.29, 1.82) is 0 Å². The number of nitrogens with zero attached hydrogens (tertiary/aromatic N) is 1. The molecule has 1 rings (SSSR count). The molecule has 0 aromatic carbocycles. The summed E-state index contributed by atoms with van der Waals surface area (Å²) in [7, 11) is 0.937. The first-order valence-electron chi connectivity index (χ1n) is 4.43. The number of carbonyl (C=O) groups is 1. The Balaban J connectivity index is 2.37. The Morgan fingerprint density at radius 1 is 1.69 bits per heavy atom. The summed E-state index contributed by atoms with van der Waals surface area (Å²) in [5, 5.41) is 2.77. The predicted molar refractivity (Wildman–Crippen MR) is 53.0 cm³/mol. The van der Waals surface area contributed by atoms with Crippen molar-refractivity contribution in [2.45, 2.75) is 12.2 Å². The highest BCUT2D eigenvalue weighted by Gasteiger charge is 2.23. The Morgan fingerprint density at radius 3 is 2.92 bits per heavy atom. The van der Waals surface area contributed by atoms with Gasteiger partial charge in [-0.25, -0.2) is 0 Å². The van der Waals surface area contributed by atoms with Gasteiger partial charge < -0.3 is 5.32 Å². The predicted octanol–water partition coefficient (Wildman–Crippen LogP) is -0.815. The average Bonchev–Trinajstić information content (AvgIpc) is 2.11. The minimum absolute atomic E-state index is 0.0277. The second kappa shape index (κ2) is 4.72.